The lowest BCUT2D eigenvalue weighted by Gasteiger charge is -2.11. The van der Waals surface area contributed by atoms with Crippen LogP contribution in [0.1, 0.15) is 0 Å². The number of rotatable bonds is 1. The maximum Gasteiger partial charge on any atom is 0.0676 e. The first kappa shape index (κ1) is 21.1. The summed E-state index contributed by atoms with van der Waals surface area (Å²) < 4.78 is 7.50. The Morgan fingerprint density at radius 2 is 1.03 bits per heavy atom. The molecule has 4 heteroatoms. The molecule has 0 saturated heterocycles. The summed E-state index contributed by atoms with van der Waals surface area (Å²) >= 11 is 4.36. The zero-order valence-corrected chi connectivity index (χ0v) is 23.1. The van der Waals surface area contributed by atoms with Crippen LogP contribution in [0.15, 0.2) is 115 Å². The number of thiophene rings is 1. The Hall–Kier alpha value is -3.87. The number of hydrogen-bond acceptors (Lipinski definition) is 1. The maximum absolute atomic E-state index is 2.50. The topological polar surface area (TPSA) is 9.86 Å². The average molecular weight is 615 g/mol. The minimum absolute atomic E-state index is 1.21. The van der Waals surface area contributed by atoms with Gasteiger partial charge in [0.05, 0.1) is 44.9 Å². The third kappa shape index (κ3) is 2.61. The predicted octanol–water partition coefficient (Wildman–Crippen LogP) is 10.6. The van der Waals surface area contributed by atoms with Crippen LogP contribution in [0.4, 0.5) is 0 Å². The summed E-state index contributed by atoms with van der Waals surface area (Å²) in [6.45, 7) is 0. The van der Waals surface area contributed by atoms with E-state index in [9.17, 15) is 0 Å². The van der Waals surface area contributed by atoms with Gasteiger partial charge >= 0.3 is 0 Å². The Balaban J connectivity index is 1.55. The zero-order chi connectivity index (χ0) is 25.0. The lowest BCUT2D eigenvalue weighted by atomic mass is 9.99. The van der Waals surface area contributed by atoms with Crippen molar-refractivity contribution in [1.82, 2.24) is 7.35 Å². The van der Waals surface area contributed by atoms with Crippen LogP contribution < -0.4 is 0 Å². The van der Waals surface area contributed by atoms with E-state index in [1.807, 2.05) is 11.3 Å². The molecule has 0 unspecified atom stereocenters. The minimum Gasteiger partial charge on any atom is -0.309 e. The van der Waals surface area contributed by atoms with E-state index in [1.54, 1.807) is 0 Å². The molecule has 0 N–H and O–H groups in total. The molecule has 3 heterocycles. The fraction of sp³-hybridized carbons (Fsp3) is 0. The van der Waals surface area contributed by atoms with Crippen molar-refractivity contribution in [2.24, 2.45) is 0 Å². The van der Waals surface area contributed by atoms with Crippen LogP contribution in [-0.4, -0.2) is 7.35 Å². The summed E-state index contributed by atoms with van der Waals surface area (Å²) in [6, 6.07) is 42.3. The highest BCUT2D eigenvalue weighted by atomic mass is 127. The van der Waals surface area contributed by atoms with Gasteiger partial charge in [0, 0.05) is 58.2 Å². The van der Waals surface area contributed by atoms with Gasteiger partial charge in [-0.2, -0.15) is 0 Å². The lowest BCUT2D eigenvalue weighted by Crippen LogP contribution is -1.94. The van der Waals surface area contributed by atoms with E-state index in [4.69, 9.17) is 0 Å². The van der Waals surface area contributed by atoms with Gasteiger partial charge in [0.2, 0.25) is 0 Å². The van der Waals surface area contributed by atoms with Gasteiger partial charge in [-0.3, -0.25) is 2.78 Å². The molecule has 0 aliphatic carbocycles. The second-order valence-corrected chi connectivity index (χ2v) is 12.0. The maximum atomic E-state index is 2.50. The molecule has 0 bridgehead atoms. The van der Waals surface area contributed by atoms with Gasteiger partial charge < -0.3 is 4.57 Å². The smallest absolute Gasteiger partial charge is 0.0676 e. The van der Waals surface area contributed by atoms with E-state index in [-0.39, 0.29) is 0 Å². The molecule has 0 radical (unpaired) electrons. The van der Waals surface area contributed by atoms with E-state index in [0.29, 0.717) is 0 Å². The lowest BCUT2D eigenvalue weighted by molar-refractivity contribution is 1.19. The van der Waals surface area contributed by atoms with Crippen LogP contribution in [0.5, 0.6) is 0 Å². The molecule has 0 fully saturated rings. The van der Waals surface area contributed by atoms with Crippen molar-refractivity contribution in [2.75, 3.05) is 0 Å². The van der Waals surface area contributed by atoms with Crippen LogP contribution in [0.3, 0.4) is 0 Å². The normalized spacial score (nSPS) is 12.3. The summed E-state index contributed by atoms with van der Waals surface area (Å²) in [5, 5.41) is 10.5. The largest absolute Gasteiger partial charge is 0.309 e. The van der Waals surface area contributed by atoms with E-state index in [1.165, 1.54) is 80.2 Å². The molecule has 0 atom stereocenters. The van der Waals surface area contributed by atoms with Gasteiger partial charge in [0.25, 0.3) is 0 Å². The summed E-state index contributed by atoms with van der Waals surface area (Å²) in [6.07, 6.45) is 0. The van der Waals surface area contributed by atoms with Crippen molar-refractivity contribution in [2.45, 2.75) is 0 Å². The molecule has 6 aromatic carbocycles. The highest BCUT2D eigenvalue weighted by Crippen LogP contribution is 2.47. The SMILES string of the molecule is In1c2ccccc2c2c3c4ccccc4n(-c4ccc5c(c4)sc4ccccc45)c3c3ccccc3c21. The molecule has 0 saturated carbocycles. The Kier molecular flexibility index (Phi) is 4.22. The predicted molar refractivity (Wildman–Crippen MR) is 174 cm³/mol. The number of para-hydroxylation sites is 2. The van der Waals surface area contributed by atoms with Crippen molar-refractivity contribution < 1.29 is 0 Å². The van der Waals surface area contributed by atoms with Crippen LogP contribution >= 0.6 is 34.2 Å². The van der Waals surface area contributed by atoms with Gasteiger partial charge in [-0.1, -0.05) is 84.9 Å². The third-order valence-electron chi connectivity index (χ3n) is 8.00. The molecular weight excluding hydrogens is 595 g/mol. The third-order valence-corrected chi connectivity index (χ3v) is 10.1. The van der Waals surface area contributed by atoms with E-state index in [0.717, 1.165) is 0 Å². The molecule has 0 amide bonds. The molecule has 3 aromatic heterocycles. The molecule has 9 rings (SSSR count). The van der Waals surface area contributed by atoms with E-state index < -0.39 is 0 Å². The number of benzene rings is 6. The van der Waals surface area contributed by atoms with Crippen LogP contribution in [-0.2, 0) is 0 Å². The highest BCUT2D eigenvalue weighted by molar-refractivity contribution is 14.1. The fourth-order valence-corrected chi connectivity index (χ4v) is 8.52. The van der Waals surface area contributed by atoms with Gasteiger partial charge in [-0.05, 0) is 30.3 Å². The second kappa shape index (κ2) is 7.59. The second-order valence-electron chi connectivity index (χ2n) is 9.92. The van der Waals surface area contributed by atoms with E-state index >= 15 is 0 Å². The van der Waals surface area contributed by atoms with Crippen molar-refractivity contribution >= 4 is 109 Å². The van der Waals surface area contributed by atoms with Gasteiger partial charge in [-0.25, -0.2) is 0 Å². The van der Waals surface area contributed by atoms with Crippen molar-refractivity contribution in [1.29, 1.82) is 0 Å². The van der Waals surface area contributed by atoms with Crippen molar-refractivity contribution in [3.63, 3.8) is 0 Å². The molecule has 0 aliphatic rings. The Morgan fingerprint density at radius 3 is 1.82 bits per heavy atom. The Morgan fingerprint density at radius 1 is 0.474 bits per heavy atom. The quantitative estimate of drug-likeness (QED) is 0.163. The monoisotopic (exact) mass is 614 g/mol. The molecule has 2 nitrogen and oxygen atoms in total. The Bertz CT molecular complexity index is 2420. The molecule has 178 valence electrons. The number of aromatic nitrogens is 2. The number of halogens is 1. The fourth-order valence-electron chi connectivity index (χ4n) is 6.46. The van der Waals surface area contributed by atoms with Gasteiger partial charge in [0.15, 0.2) is 0 Å². The van der Waals surface area contributed by atoms with Gasteiger partial charge in [-0.15, -0.1) is 11.3 Å². The molecule has 0 spiro atoms. The van der Waals surface area contributed by atoms with Crippen LogP contribution in [0, 0.1) is 0 Å². The van der Waals surface area contributed by atoms with Crippen molar-refractivity contribution in [3.8, 4) is 5.69 Å². The summed E-state index contributed by atoms with van der Waals surface area (Å²) in [4.78, 5) is 0. The molecule has 9 aromatic rings. The number of hydrogen-bond donors (Lipinski definition) is 0. The summed E-state index contributed by atoms with van der Waals surface area (Å²) in [5.41, 5.74) is 6.27. The standard InChI is InChI=1S/C34H19IN2S/c35-37-28-15-7-4-13-26(28)32-31-25-12-3-6-14-27(25)36(33(31)23-10-1-2-11-24(23)34(32)37)20-17-18-22-21-9-5-8-16-29(21)38-30(22)19-20/h1-19H. The first-order valence-electron chi connectivity index (χ1n) is 12.7. The highest BCUT2D eigenvalue weighted by Gasteiger charge is 2.23. The first-order chi connectivity index (χ1) is 18.8. The number of nitrogens with zero attached hydrogens (tertiary/aromatic N) is 2. The summed E-state index contributed by atoms with van der Waals surface area (Å²) in [7, 11) is 0. The average Bonchev–Trinajstić information content (AvgIpc) is 3.61. The van der Waals surface area contributed by atoms with E-state index in [2.05, 4.69) is 145 Å². The minimum atomic E-state index is 1.21. The van der Waals surface area contributed by atoms with Crippen LogP contribution in [0.2, 0.25) is 0 Å². The number of fused-ring (bicyclic) bond motifs is 13. The zero-order valence-electron chi connectivity index (χ0n) is 20.2. The Labute approximate surface area is 235 Å². The van der Waals surface area contributed by atoms with Gasteiger partial charge in [0.1, 0.15) is 0 Å². The van der Waals surface area contributed by atoms with Crippen LogP contribution in [0.25, 0.3) is 80.2 Å². The first-order valence-corrected chi connectivity index (χ1v) is 14.5. The molecule has 38 heavy (non-hydrogen) atoms. The van der Waals surface area contributed by atoms with Crippen molar-refractivity contribution in [3.05, 3.63) is 115 Å². The molecular formula is C34H19IN2S. The molecule has 0 aliphatic heterocycles. The summed E-state index contributed by atoms with van der Waals surface area (Å²) in [5.74, 6) is 0.